The lowest BCUT2D eigenvalue weighted by Gasteiger charge is -2.08. The molecule has 1 N–H and O–H groups in total. The number of anilines is 1. The van der Waals surface area contributed by atoms with Gasteiger partial charge < -0.3 is 9.73 Å². The van der Waals surface area contributed by atoms with Crippen LogP contribution < -0.4 is 5.32 Å². The molecule has 0 spiro atoms. The first-order valence-corrected chi connectivity index (χ1v) is 9.52. The minimum atomic E-state index is -0.0155. The third-order valence-electron chi connectivity index (χ3n) is 5.14. The molecule has 3 aromatic rings. The number of hydrogen-bond acceptors (Lipinski definition) is 3. The molecule has 4 rings (SSSR count). The summed E-state index contributed by atoms with van der Waals surface area (Å²) in [5.74, 6) is 3.23. The third-order valence-corrected chi connectivity index (χ3v) is 5.14. The zero-order valence-electron chi connectivity index (χ0n) is 16.0. The molecule has 1 saturated carbocycles. The summed E-state index contributed by atoms with van der Waals surface area (Å²) in [5.41, 5.74) is 3.75. The van der Waals surface area contributed by atoms with Crippen molar-refractivity contribution in [1.29, 1.82) is 0 Å². The van der Waals surface area contributed by atoms with Crippen LogP contribution in [-0.4, -0.2) is 15.7 Å². The highest BCUT2D eigenvalue weighted by Crippen LogP contribution is 2.47. The van der Waals surface area contributed by atoms with Gasteiger partial charge in [-0.2, -0.15) is 5.10 Å². The monoisotopic (exact) mass is 363 g/mol. The van der Waals surface area contributed by atoms with Crippen LogP contribution >= 0.6 is 0 Å². The van der Waals surface area contributed by atoms with Crippen LogP contribution in [0.2, 0.25) is 0 Å². The molecule has 0 saturated heterocycles. The molecule has 1 fully saturated rings. The first-order valence-electron chi connectivity index (χ1n) is 9.52. The first kappa shape index (κ1) is 17.6. The van der Waals surface area contributed by atoms with Crippen LogP contribution in [0.15, 0.2) is 46.9 Å². The number of aromatic nitrogens is 2. The van der Waals surface area contributed by atoms with Crippen molar-refractivity contribution in [2.75, 3.05) is 5.32 Å². The Balaban J connectivity index is 1.36. The van der Waals surface area contributed by atoms with E-state index in [4.69, 9.17) is 4.42 Å². The number of nitrogens with zero attached hydrogens (tertiary/aromatic N) is 2. The number of carbonyl (C=O) groups excluding carboxylic acids is 1. The first-order chi connectivity index (χ1) is 13.0. The highest BCUT2D eigenvalue weighted by atomic mass is 16.3. The molecule has 5 heteroatoms. The van der Waals surface area contributed by atoms with Crippen LogP contribution in [0.25, 0.3) is 5.69 Å². The number of amides is 1. The van der Waals surface area contributed by atoms with Crippen molar-refractivity contribution in [2.24, 2.45) is 5.92 Å². The van der Waals surface area contributed by atoms with Gasteiger partial charge in [0, 0.05) is 30.1 Å². The Kier molecular flexibility index (Phi) is 4.60. The van der Waals surface area contributed by atoms with Gasteiger partial charge in [0.25, 0.3) is 0 Å². The standard InChI is InChI=1S/C22H25N3O2/c1-14-11-20(14)21-9-7-19(27-21)8-10-22(26)23-17-5-4-6-18(13-17)25-16(3)12-15(2)24-25/h4-7,9,12-14,20H,8,10-11H2,1-3H3,(H,23,26). The maximum Gasteiger partial charge on any atom is 0.224 e. The second-order valence-corrected chi connectivity index (χ2v) is 7.56. The second-order valence-electron chi connectivity index (χ2n) is 7.56. The molecule has 1 aromatic carbocycles. The Labute approximate surface area is 159 Å². The van der Waals surface area contributed by atoms with E-state index < -0.39 is 0 Å². The summed E-state index contributed by atoms with van der Waals surface area (Å²) >= 11 is 0. The van der Waals surface area contributed by atoms with Crippen LogP contribution in [0.5, 0.6) is 0 Å². The number of hydrogen-bond donors (Lipinski definition) is 1. The van der Waals surface area contributed by atoms with Crippen LogP contribution in [0.1, 0.15) is 48.6 Å². The zero-order chi connectivity index (χ0) is 19.0. The molecule has 0 radical (unpaired) electrons. The van der Waals surface area contributed by atoms with E-state index in [1.54, 1.807) is 0 Å². The van der Waals surface area contributed by atoms with E-state index in [-0.39, 0.29) is 5.91 Å². The quantitative estimate of drug-likeness (QED) is 0.686. The summed E-state index contributed by atoms with van der Waals surface area (Å²) in [6.07, 6.45) is 2.22. The zero-order valence-corrected chi connectivity index (χ0v) is 16.0. The SMILES string of the molecule is Cc1cc(C)n(-c2cccc(NC(=O)CCc3ccc(C4CC4C)o3)c2)n1. The van der Waals surface area contributed by atoms with Gasteiger partial charge in [-0.15, -0.1) is 0 Å². The second kappa shape index (κ2) is 7.06. The summed E-state index contributed by atoms with van der Waals surface area (Å²) in [6.45, 7) is 6.23. The van der Waals surface area contributed by atoms with Gasteiger partial charge >= 0.3 is 0 Å². The molecule has 5 nitrogen and oxygen atoms in total. The summed E-state index contributed by atoms with van der Waals surface area (Å²) in [7, 11) is 0. The van der Waals surface area contributed by atoms with Crippen molar-refractivity contribution >= 4 is 11.6 Å². The van der Waals surface area contributed by atoms with E-state index in [0.717, 1.165) is 40.2 Å². The summed E-state index contributed by atoms with van der Waals surface area (Å²) < 4.78 is 7.76. The predicted octanol–water partition coefficient (Wildman–Crippen LogP) is 4.78. The van der Waals surface area contributed by atoms with Crippen LogP contribution in [0.3, 0.4) is 0 Å². The summed E-state index contributed by atoms with van der Waals surface area (Å²) in [5, 5.41) is 7.47. The Morgan fingerprint density at radius 3 is 2.78 bits per heavy atom. The molecule has 140 valence electrons. The minimum Gasteiger partial charge on any atom is -0.466 e. The summed E-state index contributed by atoms with van der Waals surface area (Å²) in [4.78, 5) is 12.3. The maximum atomic E-state index is 12.3. The van der Waals surface area contributed by atoms with Gasteiger partial charge in [-0.05, 0) is 62.6 Å². The predicted molar refractivity (Wildman–Crippen MR) is 105 cm³/mol. The average molecular weight is 363 g/mol. The van der Waals surface area contributed by atoms with Crippen molar-refractivity contribution in [3.63, 3.8) is 0 Å². The fraction of sp³-hybridized carbons (Fsp3) is 0.364. The molecule has 1 aliphatic carbocycles. The number of aryl methyl sites for hydroxylation is 3. The third kappa shape index (κ3) is 3.97. The van der Waals surface area contributed by atoms with Crippen molar-refractivity contribution in [2.45, 2.75) is 46.0 Å². The number of carbonyl (C=O) groups is 1. The van der Waals surface area contributed by atoms with Gasteiger partial charge in [0.05, 0.1) is 11.4 Å². The molecule has 2 aromatic heterocycles. The molecule has 1 amide bonds. The van der Waals surface area contributed by atoms with Crippen molar-refractivity contribution in [3.05, 3.63) is 65.4 Å². The van der Waals surface area contributed by atoms with Crippen molar-refractivity contribution in [3.8, 4) is 5.69 Å². The Morgan fingerprint density at radius 1 is 1.26 bits per heavy atom. The fourth-order valence-corrected chi connectivity index (χ4v) is 3.51. The van der Waals surface area contributed by atoms with Gasteiger partial charge in [0.2, 0.25) is 5.91 Å². The normalized spacial score (nSPS) is 18.5. The van der Waals surface area contributed by atoms with Crippen molar-refractivity contribution in [1.82, 2.24) is 9.78 Å². The van der Waals surface area contributed by atoms with Crippen LogP contribution in [0, 0.1) is 19.8 Å². The molecule has 2 atom stereocenters. The van der Waals surface area contributed by atoms with E-state index in [2.05, 4.69) is 23.4 Å². The number of benzene rings is 1. The topological polar surface area (TPSA) is 60.1 Å². The van der Waals surface area contributed by atoms with Gasteiger partial charge in [0.1, 0.15) is 11.5 Å². The highest BCUT2D eigenvalue weighted by Gasteiger charge is 2.36. The van der Waals surface area contributed by atoms with E-state index in [9.17, 15) is 4.79 Å². The van der Waals surface area contributed by atoms with E-state index in [1.807, 2.05) is 54.9 Å². The minimum absolute atomic E-state index is 0.0155. The van der Waals surface area contributed by atoms with Gasteiger partial charge in [-0.1, -0.05) is 13.0 Å². The largest absolute Gasteiger partial charge is 0.466 e. The number of rotatable bonds is 6. The lowest BCUT2D eigenvalue weighted by atomic mass is 10.2. The molecule has 1 aliphatic rings. The van der Waals surface area contributed by atoms with Gasteiger partial charge in [0.15, 0.2) is 0 Å². The summed E-state index contributed by atoms with van der Waals surface area (Å²) in [6, 6.07) is 13.8. The molecular weight excluding hydrogens is 338 g/mol. The molecule has 2 heterocycles. The molecule has 27 heavy (non-hydrogen) atoms. The van der Waals surface area contributed by atoms with E-state index in [0.29, 0.717) is 18.8 Å². The van der Waals surface area contributed by atoms with E-state index in [1.165, 1.54) is 6.42 Å². The van der Waals surface area contributed by atoms with Gasteiger partial charge in [-0.3, -0.25) is 4.79 Å². The van der Waals surface area contributed by atoms with Crippen LogP contribution in [-0.2, 0) is 11.2 Å². The fourth-order valence-electron chi connectivity index (χ4n) is 3.51. The highest BCUT2D eigenvalue weighted by molar-refractivity contribution is 5.91. The average Bonchev–Trinajstić information content (AvgIpc) is 3.04. The molecule has 0 aliphatic heterocycles. The lowest BCUT2D eigenvalue weighted by Crippen LogP contribution is -2.12. The Hall–Kier alpha value is -2.82. The van der Waals surface area contributed by atoms with E-state index >= 15 is 0 Å². The smallest absolute Gasteiger partial charge is 0.224 e. The lowest BCUT2D eigenvalue weighted by molar-refractivity contribution is -0.116. The molecule has 0 bridgehead atoms. The molecular formula is C22H25N3O2. The Morgan fingerprint density at radius 2 is 2.07 bits per heavy atom. The molecule has 2 unspecified atom stereocenters. The van der Waals surface area contributed by atoms with Crippen molar-refractivity contribution < 1.29 is 9.21 Å². The van der Waals surface area contributed by atoms with Crippen LogP contribution in [0.4, 0.5) is 5.69 Å². The Bertz CT molecular complexity index is 970. The van der Waals surface area contributed by atoms with Gasteiger partial charge in [-0.25, -0.2) is 4.68 Å². The number of nitrogens with one attached hydrogen (secondary N) is 1. The maximum absolute atomic E-state index is 12.3. The number of furan rings is 1.